The van der Waals surface area contributed by atoms with Gasteiger partial charge in [-0.3, -0.25) is 9.59 Å². The summed E-state index contributed by atoms with van der Waals surface area (Å²) >= 11 is 12.2. The lowest BCUT2D eigenvalue weighted by Gasteiger charge is -2.28. The van der Waals surface area contributed by atoms with Gasteiger partial charge >= 0.3 is 5.97 Å². The van der Waals surface area contributed by atoms with Crippen LogP contribution in [0.4, 0.5) is 0 Å². The molecule has 2 unspecified atom stereocenters. The average Bonchev–Trinajstić information content (AvgIpc) is 2.83. The SMILES string of the molecule is COC(=O)CCN(CC1CCCO1)C(=O)C1(C)CC1(Cl)Cl. The molecule has 2 rings (SSSR count). The van der Waals surface area contributed by atoms with Gasteiger partial charge in [0.25, 0.3) is 0 Å². The molecule has 0 N–H and O–H groups in total. The summed E-state index contributed by atoms with van der Waals surface area (Å²) in [5.41, 5.74) is -0.773. The van der Waals surface area contributed by atoms with Crippen LogP contribution in [0.1, 0.15) is 32.6 Å². The molecule has 0 aromatic rings. The van der Waals surface area contributed by atoms with Gasteiger partial charge in [0, 0.05) is 19.7 Å². The number of carbonyl (C=O) groups is 2. The molecule has 0 bridgehead atoms. The lowest BCUT2D eigenvalue weighted by Crippen LogP contribution is -2.43. The summed E-state index contributed by atoms with van der Waals surface area (Å²) in [7, 11) is 1.33. The van der Waals surface area contributed by atoms with Gasteiger partial charge in [-0.15, -0.1) is 23.2 Å². The van der Waals surface area contributed by atoms with E-state index in [1.165, 1.54) is 7.11 Å². The third kappa shape index (κ3) is 3.63. The number of nitrogens with zero attached hydrogens (tertiary/aromatic N) is 1. The van der Waals surface area contributed by atoms with Gasteiger partial charge in [0.15, 0.2) is 0 Å². The topological polar surface area (TPSA) is 55.8 Å². The van der Waals surface area contributed by atoms with Crippen LogP contribution in [0.5, 0.6) is 0 Å². The van der Waals surface area contributed by atoms with Crippen LogP contribution in [-0.2, 0) is 19.1 Å². The van der Waals surface area contributed by atoms with Crippen LogP contribution in [0.3, 0.4) is 0 Å². The lowest BCUT2D eigenvalue weighted by molar-refractivity contribution is -0.143. The maximum Gasteiger partial charge on any atom is 0.307 e. The zero-order valence-electron chi connectivity index (χ0n) is 12.4. The number of rotatable bonds is 6. The summed E-state index contributed by atoms with van der Waals surface area (Å²) in [5.74, 6) is -0.462. The van der Waals surface area contributed by atoms with E-state index in [2.05, 4.69) is 4.74 Å². The summed E-state index contributed by atoms with van der Waals surface area (Å²) in [6.45, 7) is 3.24. The van der Waals surface area contributed by atoms with Gasteiger partial charge < -0.3 is 14.4 Å². The van der Waals surface area contributed by atoms with Crippen molar-refractivity contribution in [2.45, 2.75) is 43.0 Å². The van der Waals surface area contributed by atoms with E-state index in [1.54, 1.807) is 11.8 Å². The van der Waals surface area contributed by atoms with Gasteiger partial charge in [-0.25, -0.2) is 0 Å². The number of halogens is 2. The first kappa shape index (κ1) is 16.8. The van der Waals surface area contributed by atoms with Gasteiger partial charge in [-0.2, -0.15) is 0 Å². The Kier molecular flexibility index (Phi) is 5.06. The van der Waals surface area contributed by atoms with E-state index >= 15 is 0 Å². The van der Waals surface area contributed by atoms with Crippen molar-refractivity contribution >= 4 is 35.1 Å². The van der Waals surface area contributed by atoms with E-state index in [0.717, 1.165) is 19.4 Å². The van der Waals surface area contributed by atoms with E-state index in [-0.39, 0.29) is 24.4 Å². The molecule has 1 amide bonds. The molecular formula is C14H21Cl2NO4. The number of alkyl halides is 2. The second kappa shape index (κ2) is 6.31. The minimum Gasteiger partial charge on any atom is -0.469 e. The molecule has 2 fully saturated rings. The maximum absolute atomic E-state index is 12.7. The van der Waals surface area contributed by atoms with Crippen molar-refractivity contribution in [3.8, 4) is 0 Å². The predicted molar refractivity (Wildman–Crippen MR) is 79.3 cm³/mol. The normalized spacial score (nSPS) is 30.0. The molecule has 5 nitrogen and oxygen atoms in total. The van der Waals surface area contributed by atoms with Crippen LogP contribution >= 0.6 is 23.2 Å². The first-order valence-electron chi connectivity index (χ1n) is 7.16. The van der Waals surface area contributed by atoms with Gasteiger partial charge in [0.1, 0.15) is 4.33 Å². The molecule has 1 saturated heterocycles. The van der Waals surface area contributed by atoms with E-state index in [1.807, 2.05) is 0 Å². The van der Waals surface area contributed by atoms with Crippen LogP contribution in [-0.4, -0.2) is 54.0 Å². The highest BCUT2D eigenvalue weighted by atomic mass is 35.5. The highest BCUT2D eigenvalue weighted by Crippen LogP contribution is 2.64. The van der Waals surface area contributed by atoms with Crippen molar-refractivity contribution in [3.05, 3.63) is 0 Å². The van der Waals surface area contributed by atoms with Crippen molar-refractivity contribution in [1.29, 1.82) is 0 Å². The molecule has 21 heavy (non-hydrogen) atoms. The Balaban J connectivity index is 2.00. The fourth-order valence-electron chi connectivity index (χ4n) is 2.62. The van der Waals surface area contributed by atoms with Crippen molar-refractivity contribution in [2.24, 2.45) is 5.41 Å². The van der Waals surface area contributed by atoms with E-state index in [9.17, 15) is 9.59 Å². The van der Waals surface area contributed by atoms with E-state index in [0.29, 0.717) is 19.5 Å². The molecule has 0 radical (unpaired) electrons. The maximum atomic E-state index is 12.7. The Bertz CT molecular complexity index is 423. The van der Waals surface area contributed by atoms with Gasteiger partial charge in [-0.1, -0.05) is 0 Å². The monoisotopic (exact) mass is 337 g/mol. The summed E-state index contributed by atoms with van der Waals surface area (Å²) in [6, 6.07) is 0. The largest absolute Gasteiger partial charge is 0.469 e. The Labute approximate surface area is 134 Å². The highest BCUT2D eigenvalue weighted by Gasteiger charge is 2.68. The van der Waals surface area contributed by atoms with Gasteiger partial charge in [0.05, 0.1) is 25.0 Å². The number of ether oxygens (including phenoxy) is 2. The van der Waals surface area contributed by atoms with Crippen molar-refractivity contribution < 1.29 is 19.1 Å². The quantitative estimate of drug-likeness (QED) is 0.550. The van der Waals surface area contributed by atoms with E-state index in [4.69, 9.17) is 27.9 Å². The molecular weight excluding hydrogens is 317 g/mol. The first-order valence-corrected chi connectivity index (χ1v) is 7.91. The van der Waals surface area contributed by atoms with Crippen LogP contribution in [0, 0.1) is 5.41 Å². The minimum absolute atomic E-state index is 0.0222. The zero-order valence-corrected chi connectivity index (χ0v) is 13.9. The molecule has 2 atom stereocenters. The Hall–Kier alpha value is -0.520. The van der Waals surface area contributed by atoms with Crippen molar-refractivity contribution in [2.75, 3.05) is 26.8 Å². The molecule has 0 aromatic heterocycles. The lowest BCUT2D eigenvalue weighted by atomic mass is 10.1. The average molecular weight is 338 g/mol. The molecule has 2 aliphatic rings. The second-order valence-electron chi connectivity index (χ2n) is 5.93. The molecule has 1 saturated carbocycles. The first-order chi connectivity index (χ1) is 9.80. The van der Waals surface area contributed by atoms with Gasteiger partial charge in [0.2, 0.25) is 5.91 Å². The van der Waals surface area contributed by atoms with Crippen molar-refractivity contribution in [3.63, 3.8) is 0 Å². The molecule has 7 heteroatoms. The summed E-state index contributed by atoms with van der Waals surface area (Å²) in [5, 5.41) is 0. The van der Waals surface area contributed by atoms with Crippen molar-refractivity contribution in [1.82, 2.24) is 4.90 Å². The summed E-state index contributed by atoms with van der Waals surface area (Å²) < 4.78 is 9.20. The third-order valence-electron chi connectivity index (χ3n) is 4.28. The Morgan fingerprint density at radius 1 is 1.43 bits per heavy atom. The highest BCUT2D eigenvalue weighted by molar-refractivity contribution is 6.53. The number of esters is 1. The number of amides is 1. The number of hydrogen-bond acceptors (Lipinski definition) is 4. The van der Waals surface area contributed by atoms with Crippen LogP contribution in [0.2, 0.25) is 0 Å². The predicted octanol–water partition coefficient (Wildman–Crippen LogP) is 2.14. The van der Waals surface area contributed by atoms with Crippen LogP contribution in [0.25, 0.3) is 0 Å². The summed E-state index contributed by atoms with van der Waals surface area (Å²) in [6.07, 6.45) is 2.53. The number of carbonyl (C=O) groups excluding carboxylic acids is 2. The van der Waals surface area contributed by atoms with Crippen LogP contribution < -0.4 is 0 Å². The van der Waals surface area contributed by atoms with Crippen LogP contribution in [0.15, 0.2) is 0 Å². The second-order valence-corrected chi connectivity index (χ2v) is 7.41. The third-order valence-corrected chi connectivity index (χ3v) is 5.38. The zero-order chi connectivity index (χ0) is 15.7. The molecule has 120 valence electrons. The molecule has 1 aliphatic carbocycles. The van der Waals surface area contributed by atoms with E-state index < -0.39 is 9.75 Å². The smallest absolute Gasteiger partial charge is 0.307 e. The number of methoxy groups -OCH3 is 1. The summed E-state index contributed by atoms with van der Waals surface area (Å²) in [4.78, 5) is 25.6. The molecule has 0 spiro atoms. The molecule has 1 aliphatic heterocycles. The fourth-order valence-corrected chi connectivity index (χ4v) is 3.32. The molecule has 0 aromatic carbocycles. The van der Waals surface area contributed by atoms with Gasteiger partial charge in [-0.05, 0) is 26.2 Å². The molecule has 1 heterocycles. The minimum atomic E-state index is -1.01. The fraction of sp³-hybridized carbons (Fsp3) is 0.857. The standard InChI is InChI=1S/C14H21Cl2NO4/c1-13(9-14(13,15)16)12(19)17(6-5-11(18)20-2)8-10-4-3-7-21-10/h10H,3-9H2,1-2H3. The Morgan fingerprint density at radius 3 is 2.57 bits per heavy atom. The Morgan fingerprint density at radius 2 is 2.10 bits per heavy atom. The number of hydrogen-bond donors (Lipinski definition) is 0.